The number of para-hydroxylation sites is 1. The molecule has 1 aromatic heterocycles. The van der Waals surface area contributed by atoms with E-state index < -0.39 is 0 Å². The average molecular weight is 396 g/mol. The Labute approximate surface area is 167 Å². The molecule has 27 heavy (non-hydrogen) atoms. The third-order valence-corrected chi connectivity index (χ3v) is 5.81. The molecule has 0 saturated carbocycles. The molecule has 4 nitrogen and oxygen atoms in total. The molecule has 0 saturated heterocycles. The van der Waals surface area contributed by atoms with Gasteiger partial charge in [0, 0.05) is 20.9 Å². The van der Waals surface area contributed by atoms with Crippen molar-refractivity contribution < 1.29 is 4.79 Å². The van der Waals surface area contributed by atoms with Crippen molar-refractivity contribution in [2.75, 3.05) is 12.0 Å². The van der Waals surface area contributed by atoms with Crippen LogP contribution >= 0.6 is 23.5 Å². The maximum atomic E-state index is 12.1. The van der Waals surface area contributed by atoms with Gasteiger partial charge in [-0.1, -0.05) is 30.3 Å². The Kier molecular flexibility index (Phi) is 6.53. The van der Waals surface area contributed by atoms with Crippen LogP contribution in [0.5, 0.6) is 0 Å². The van der Waals surface area contributed by atoms with Crippen molar-refractivity contribution in [1.29, 1.82) is 0 Å². The monoisotopic (exact) mass is 395 g/mol. The Hall–Kier alpha value is -2.31. The van der Waals surface area contributed by atoms with Crippen LogP contribution in [0.4, 0.5) is 0 Å². The fourth-order valence-electron chi connectivity index (χ4n) is 2.65. The van der Waals surface area contributed by atoms with E-state index in [0.29, 0.717) is 5.75 Å². The van der Waals surface area contributed by atoms with Gasteiger partial charge in [-0.3, -0.25) is 9.78 Å². The van der Waals surface area contributed by atoms with E-state index >= 15 is 0 Å². The third kappa shape index (κ3) is 5.11. The zero-order valence-electron chi connectivity index (χ0n) is 15.5. The molecule has 1 heterocycles. The van der Waals surface area contributed by atoms with Crippen LogP contribution in [0.1, 0.15) is 16.8 Å². The third-order valence-electron chi connectivity index (χ3n) is 4.01. The predicted octanol–water partition coefficient (Wildman–Crippen LogP) is 4.82. The topological polar surface area (TPSA) is 54.4 Å². The van der Waals surface area contributed by atoms with Crippen molar-refractivity contribution in [1.82, 2.24) is 10.4 Å². The van der Waals surface area contributed by atoms with E-state index in [9.17, 15) is 4.79 Å². The number of pyridine rings is 1. The van der Waals surface area contributed by atoms with Crippen molar-refractivity contribution in [2.45, 2.75) is 23.6 Å². The molecule has 0 unspecified atom stereocenters. The first-order valence-corrected chi connectivity index (χ1v) is 10.7. The van der Waals surface area contributed by atoms with Crippen molar-refractivity contribution in [3.63, 3.8) is 0 Å². The smallest absolute Gasteiger partial charge is 0.250 e. The van der Waals surface area contributed by atoms with Gasteiger partial charge >= 0.3 is 0 Å². The second kappa shape index (κ2) is 9.06. The summed E-state index contributed by atoms with van der Waals surface area (Å²) in [6.07, 6.45) is 3.69. The number of hydrazone groups is 1. The number of thioether (sulfide) groups is 2. The number of amides is 1. The van der Waals surface area contributed by atoms with Crippen molar-refractivity contribution in [3.8, 4) is 0 Å². The summed E-state index contributed by atoms with van der Waals surface area (Å²) >= 11 is 3.20. The van der Waals surface area contributed by atoms with Crippen molar-refractivity contribution >= 4 is 46.5 Å². The van der Waals surface area contributed by atoms with Crippen LogP contribution in [0.3, 0.4) is 0 Å². The van der Waals surface area contributed by atoms with Gasteiger partial charge in [0.1, 0.15) is 0 Å². The van der Waals surface area contributed by atoms with Gasteiger partial charge in [0.25, 0.3) is 0 Å². The summed E-state index contributed by atoms with van der Waals surface area (Å²) in [5.41, 5.74) is 6.63. The molecule has 0 aliphatic rings. The van der Waals surface area contributed by atoms with Crippen LogP contribution in [-0.2, 0) is 4.79 Å². The average Bonchev–Trinajstić information content (AvgIpc) is 2.67. The Morgan fingerprint density at radius 1 is 1.19 bits per heavy atom. The van der Waals surface area contributed by atoms with Gasteiger partial charge in [0.05, 0.1) is 17.5 Å². The second-order valence-corrected chi connectivity index (χ2v) is 7.98. The van der Waals surface area contributed by atoms with Gasteiger partial charge in [-0.15, -0.1) is 23.5 Å². The minimum atomic E-state index is -0.132. The normalized spacial score (nSPS) is 11.2. The van der Waals surface area contributed by atoms with Gasteiger partial charge in [-0.2, -0.15) is 5.10 Å². The van der Waals surface area contributed by atoms with E-state index in [1.807, 2.05) is 55.6 Å². The molecule has 0 fully saturated rings. The molecule has 0 aliphatic carbocycles. The van der Waals surface area contributed by atoms with Gasteiger partial charge in [0.15, 0.2) is 0 Å². The van der Waals surface area contributed by atoms with E-state index in [1.165, 1.54) is 16.7 Å². The lowest BCUT2D eigenvalue weighted by molar-refractivity contribution is -0.118. The molecule has 0 spiro atoms. The zero-order chi connectivity index (χ0) is 19.2. The fraction of sp³-hybridized carbons (Fsp3) is 0.190. The van der Waals surface area contributed by atoms with Crippen LogP contribution in [-0.4, -0.2) is 29.1 Å². The summed E-state index contributed by atoms with van der Waals surface area (Å²) in [4.78, 5) is 19.0. The number of carbonyl (C=O) groups excluding carboxylic acids is 1. The molecule has 2 aromatic carbocycles. The number of carbonyl (C=O) groups is 1. The summed E-state index contributed by atoms with van der Waals surface area (Å²) in [6, 6.07) is 16.2. The molecule has 6 heteroatoms. The molecule has 3 rings (SSSR count). The highest BCUT2D eigenvalue weighted by atomic mass is 32.2. The molecule has 1 N–H and O–H groups in total. The number of nitrogens with one attached hydrogen (secondary N) is 1. The molecular formula is C21H21N3OS2. The number of hydrogen-bond donors (Lipinski definition) is 1. The van der Waals surface area contributed by atoms with E-state index in [0.717, 1.165) is 32.6 Å². The number of fused-ring (bicyclic) bond motifs is 1. The Balaban J connectivity index is 1.61. The molecule has 0 atom stereocenters. The Morgan fingerprint density at radius 2 is 1.96 bits per heavy atom. The maximum absolute atomic E-state index is 12.1. The van der Waals surface area contributed by atoms with Crippen LogP contribution in [0.15, 0.2) is 63.4 Å². The number of aryl methyl sites for hydroxylation is 2. The first-order valence-electron chi connectivity index (χ1n) is 8.52. The van der Waals surface area contributed by atoms with Gasteiger partial charge < -0.3 is 0 Å². The Morgan fingerprint density at radius 3 is 2.70 bits per heavy atom. The van der Waals surface area contributed by atoms with Crippen molar-refractivity contribution in [2.24, 2.45) is 5.10 Å². The zero-order valence-corrected chi connectivity index (χ0v) is 17.2. The standard InChI is InChI=1S/C21H21N3OS2/c1-14-5-4-6-18-19(11-15(2)23-21(14)18)27-13-20(25)24-22-12-16-7-9-17(26-3)10-8-16/h4-12H,13H2,1-3H3,(H,24,25)/b22-12+. The van der Waals surface area contributed by atoms with Crippen LogP contribution < -0.4 is 5.43 Å². The largest absolute Gasteiger partial charge is 0.272 e. The molecule has 138 valence electrons. The fourth-order valence-corrected chi connectivity index (χ4v) is 3.98. The maximum Gasteiger partial charge on any atom is 0.250 e. The first-order chi connectivity index (χ1) is 13.1. The number of rotatable bonds is 6. The molecule has 3 aromatic rings. The minimum Gasteiger partial charge on any atom is -0.272 e. The molecule has 0 bridgehead atoms. The highest BCUT2D eigenvalue weighted by molar-refractivity contribution is 8.00. The molecular weight excluding hydrogens is 374 g/mol. The number of nitrogens with zero attached hydrogens (tertiary/aromatic N) is 2. The van der Waals surface area contributed by atoms with Crippen LogP contribution in [0.2, 0.25) is 0 Å². The first kappa shape index (κ1) is 19.5. The summed E-state index contributed by atoms with van der Waals surface area (Å²) in [6.45, 7) is 4.03. The molecule has 0 radical (unpaired) electrons. The minimum absolute atomic E-state index is 0.132. The number of aromatic nitrogens is 1. The lowest BCUT2D eigenvalue weighted by Crippen LogP contribution is -2.19. The van der Waals surface area contributed by atoms with Gasteiger partial charge in [-0.25, -0.2) is 5.43 Å². The second-order valence-electron chi connectivity index (χ2n) is 6.09. The quantitative estimate of drug-likeness (QED) is 0.369. The highest BCUT2D eigenvalue weighted by Gasteiger charge is 2.09. The van der Waals surface area contributed by atoms with E-state index in [4.69, 9.17) is 0 Å². The summed E-state index contributed by atoms with van der Waals surface area (Å²) < 4.78 is 0. The van der Waals surface area contributed by atoms with E-state index in [2.05, 4.69) is 28.5 Å². The number of benzene rings is 2. The summed E-state index contributed by atoms with van der Waals surface area (Å²) in [7, 11) is 0. The predicted molar refractivity (Wildman–Crippen MR) is 116 cm³/mol. The van der Waals surface area contributed by atoms with Gasteiger partial charge in [-0.05, 0) is 49.4 Å². The van der Waals surface area contributed by atoms with Gasteiger partial charge in [0.2, 0.25) is 5.91 Å². The van der Waals surface area contributed by atoms with Crippen molar-refractivity contribution in [3.05, 3.63) is 65.4 Å². The van der Waals surface area contributed by atoms with E-state index in [1.54, 1.807) is 18.0 Å². The van der Waals surface area contributed by atoms with E-state index in [-0.39, 0.29) is 5.91 Å². The SMILES string of the molecule is CSc1ccc(/C=N/NC(=O)CSc2cc(C)nc3c(C)cccc23)cc1. The van der Waals surface area contributed by atoms with Crippen LogP contribution in [0.25, 0.3) is 10.9 Å². The lowest BCUT2D eigenvalue weighted by Gasteiger charge is -2.09. The van der Waals surface area contributed by atoms with Crippen LogP contribution in [0, 0.1) is 13.8 Å². The number of hydrogen-bond acceptors (Lipinski definition) is 5. The Bertz CT molecular complexity index is 985. The molecule has 0 aliphatic heterocycles. The summed E-state index contributed by atoms with van der Waals surface area (Å²) in [5, 5.41) is 5.13. The highest BCUT2D eigenvalue weighted by Crippen LogP contribution is 2.29. The molecule has 1 amide bonds. The summed E-state index contributed by atoms with van der Waals surface area (Å²) in [5.74, 6) is 0.169. The lowest BCUT2D eigenvalue weighted by atomic mass is 10.1.